The van der Waals surface area contributed by atoms with Crippen LogP contribution >= 0.6 is 11.6 Å². The van der Waals surface area contributed by atoms with Crippen molar-refractivity contribution in [3.05, 3.63) is 41.0 Å². The van der Waals surface area contributed by atoms with Crippen molar-refractivity contribution in [3.8, 4) is 11.3 Å². The Kier molecular flexibility index (Phi) is 4.98. The van der Waals surface area contributed by atoms with Crippen LogP contribution < -0.4 is 5.32 Å². The zero-order valence-electron chi connectivity index (χ0n) is 13.2. The second kappa shape index (κ2) is 7.15. The molecular weight excluding hydrogens is 312 g/mol. The topological polar surface area (TPSA) is 61.0 Å². The lowest BCUT2D eigenvalue weighted by Crippen LogP contribution is -2.42. The largest absolute Gasteiger partial charge is 0.338 e. The van der Waals surface area contributed by atoms with E-state index in [1.807, 2.05) is 36.2 Å². The number of nitrogens with one attached hydrogen (secondary N) is 2. The van der Waals surface area contributed by atoms with E-state index in [1.54, 1.807) is 6.20 Å². The fourth-order valence-corrected chi connectivity index (χ4v) is 3.38. The molecule has 0 aliphatic carbocycles. The van der Waals surface area contributed by atoms with Crippen LogP contribution in [0.5, 0.6) is 0 Å². The Labute approximate surface area is 141 Å². The molecule has 0 saturated carbocycles. The van der Waals surface area contributed by atoms with Crippen LogP contribution in [0.2, 0.25) is 5.02 Å². The first-order valence-electron chi connectivity index (χ1n) is 7.92. The van der Waals surface area contributed by atoms with E-state index in [1.165, 1.54) is 0 Å². The van der Waals surface area contributed by atoms with Crippen LogP contribution in [0.25, 0.3) is 11.3 Å². The molecule has 0 bridgehead atoms. The minimum atomic E-state index is 0.0366. The van der Waals surface area contributed by atoms with Crippen LogP contribution in [-0.4, -0.2) is 47.7 Å². The maximum atomic E-state index is 12.9. The fourth-order valence-electron chi connectivity index (χ4n) is 3.19. The number of likely N-dealkylation sites (tertiary alicyclic amines) is 1. The van der Waals surface area contributed by atoms with Crippen molar-refractivity contribution in [1.82, 2.24) is 20.4 Å². The number of aromatic amines is 1. The summed E-state index contributed by atoms with van der Waals surface area (Å²) in [6.07, 6.45) is 3.82. The number of rotatable bonds is 4. The highest BCUT2D eigenvalue weighted by Gasteiger charge is 2.26. The Morgan fingerprint density at radius 3 is 3.17 bits per heavy atom. The number of aromatic nitrogens is 2. The summed E-state index contributed by atoms with van der Waals surface area (Å²) >= 11 is 6.06. The summed E-state index contributed by atoms with van der Waals surface area (Å²) in [6, 6.07) is 7.45. The number of carbonyl (C=O) groups excluding carboxylic acids is 1. The van der Waals surface area contributed by atoms with Gasteiger partial charge in [0.15, 0.2) is 0 Å². The van der Waals surface area contributed by atoms with Crippen LogP contribution in [-0.2, 0) is 0 Å². The monoisotopic (exact) mass is 332 g/mol. The first-order chi connectivity index (χ1) is 11.2. The highest BCUT2D eigenvalue weighted by atomic mass is 35.5. The molecule has 2 heterocycles. The standard InChI is InChI=1S/C17H21ClN4O/c1-19-9-12-4-3-7-22(11-12)17(23)15-10-20-21-16(15)13-5-2-6-14(18)8-13/h2,5-6,8,10,12,19H,3-4,7,9,11H2,1H3,(H,20,21)/t12-/m0/s1. The molecule has 5 nitrogen and oxygen atoms in total. The Morgan fingerprint density at radius 2 is 2.39 bits per heavy atom. The molecule has 1 saturated heterocycles. The molecule has 0 spiro atoms. The van der Waals surface area contributed by atoms with Crippen LogP contribution in [0, 0.1) is 5.92 Å². The minimum Gasteiger partial charge on any atom is -0.338 e. The Hall–Kier alpha value is -1.85. The average molecular weight is 333 g/mol. The molecule has 1 atom stereocenters. The molecule has 0 unspecified atom stereocenters. The summed E-state index contributed by atoms with van der Waals surface area (Å²) in [4.78, 5) is 14.8. The molecule has 2 aromatic rings. The van der Waals surface area contributed by atoms with Gasteiger partial charge in [-0.25, -0.2) is 0 Å². The van der Waals surface area contributed by atoms with Gasteiger partial charge in [0.25, 0.3) is 5.91 Å². The molecule has 1 aliphatic heterocycles. The first-order valence-corrected chi connectivity index (χ1v) is 8.30. The van der Waals surface area contributed by atoms with E-state index in [4.69, 9.17) is 11.6 Å². The van der Waals surface area contributed by atoms with Crippen molar-refractivity contribution in [2.45, 2.75) is 12.8 Å². The van der Waals surface area contributed by atoms with Gasteiger partial charge in [-0.05, 0) is 44.5 Å². The molecular formula is C17H21ClN4O. The van der Waals surface area contributed by atoms with Crippen LogP contribution in [0.1, 0.15) is 23.2 Å². The molecule has 6 heteroatoms. The van der Waals surface area contributed by atoms with E-state index >= 15 is 0 Å². The quantitative estimate of drug-likeness (QED) is 0.905. The predicted molar refractivity (Wildman–Crippen MR) is 91.6 cm³/mol. The number of halogens is 1. The van der Waals surface area contributed by atoms with Gasteiger partial charge in [0.05, 0.1) is 17.5 Å². The molecule has 2 N–H and O–H groups in total. The average Bonchev–Trinajstić information content (AvgIpc) is 3.04. The molecule has 3 rings (SSSR count). The smallest absolute Gasteiger partial charge is 0.257 e. The summed E-state index contributed by atoms with van der Waals surface area (Å²) in [6.45, 7) is 2.54. The van der Waals surface area contributed by atoms with Gasteiger partial charge in [-0.3, -0.25) is 9.89 Å². The third-order valence-electron chi connectivity index (χ3n) is 4.28. The fraction of sp³-hybridized carbons (Fsp3) is 0.412. The van der Waals surface area contributed by atoms with E-state index in [0.717, 1.165) is 43.7 Å². The summed E-state index contributed by atoms with van der Waals surface area (Å²) in [5, 5.41) is 10.9. The summed E-state index contributed by atoms with van der Waals surface area (Å²) in [5.41, 5.74) is 2.22. The number of piperidine rings is 1. The molecule has 122 valence electrons. The van der Waals surface area contributed by atoms with Crippen molar-refractivity contribution in [2.75, 3.05) is 26.7 Å². The highest BCUT2D eigenvalue weighted by molar-refractivity contribution is 6.30. The number of carbonyl (C=O) groups is 1. The molecule has 1 aromatic carbocycles. The zero-order valence-corrected chi connectivity index (χ0v) is 13.9. The van der Waals surface area contributed by atoms with Crippen LogP contribution in [0.4, 0.5) is 0 Å². The molecule has 1 aromatic heterocycles. The van der Waals surface area contributed by atoms with Gasteiger partial charge in [0.2, 0.25) is 0 Å². The minimum absolute atomic E-state index is 0.0366. The molecule has 1 fully saturated rings. The summed E-state index contributed by atoms with van der Waals surface area (Å²) in [5.74, 6) is 0.550. The molecule has 0 radical (unpaired) electrons. The Morgan fingerprint density at radius 1 is 1.52 bits per heavy atom. The second-order valence-corrected chi connectivity index (χ2v) is 6.42. The first kappa shape index (κ1) is 16.0. The van der Waals surface area contributed by atoms with Gasteiger partial charge in [-0.15, -0.1) is 0 Å². The van der Waals surface area contributed by atoms with E-state index in [9.17, 15) is 4.79 Å². The predicted octanol–water partition coefficient (Wildman–Crippen LogP) is 2.80. The number of benzene rings is 1. The van der Waals surface area contributed by atoms with Crippen molar-refractivity contribution in [3.63, 3.8) is 0 Å². The second-order valence-electron chi connectivity index (χ2n) is 5.99. The zero-order chi connectivity index (χ0) is 16.2. The number of H-pyrrole nitrogens is 1. The van der Waals surface area contributed by atoms with Crippen molar-refractivity contribution < 1.29 is 4.79 Å². The normalized spacial score (nSPS) is 18.2. The molecule has 23 heavy (non-hydrogen) atoms. The van der Waals surface area contributed by atoms with Gasteiger partial charge in [0.1, 0.15) is 0 Å². The third kappa shape index (κ3) is 3.57. The number of amides is 1. The maximum absolute atomic E-state index is 12.9. The van der Waals surface area contributed by atoms with Gasteiger partial charge in [0, 0.05) is 23.7 Å². The lowest BCUT2D eigenvalue weighted by atomic mass is 9.97. The lowest BCUT2D eigenvalue weighted by Gasteiger charge is -2.32. The summed E-state index contributed by atoms with van der Waals surface area (Å²) < 4.78 is 0. The van der Waals surface area contributed by atoms with E-state index in [0.29, 0.717) is 16.5 Å². The van der Waals surface area contributed by atoms with Crippen molar-refractivity contribution in [2.24, 2.45) is 5.92 Å². The van der Waals surface area contributed by atoms with Crippen molar-refractivity contribution >= 4 is 17.5 Å². The number of hydrogen-bond donors (Lipinski definition) is 2. The van der Waals surface area contributed by atoms with Crippen molar-refractivity contribution in [1.29, 1.82) is 0 Å². The van der Waals surface area contributed by atoms with E-state index in [-0.39, 0.29) is 5.91 Å². The lowest BCUT2D eigenvalue weighted by molar-refractivity contribution is 0.0675. The number of hydrogen-bond acceptors (Lipinski definition) is 3. The molecule has 1 amide bonds. The maximum Gasteiger partial charge on any atom is 0.257 e. The van der Waals surface area contributed by atoms with Gasteiger partial charge in [-0.2, -0.15) is 5.10 Å². The van der Waals surface area contributed by atoms with E-state index < -0.39 is 0 Å². The van der Waals surface area contributed by atoms with Crippen LogP contribution in [0.15, 0.2) is 30.5 Å². The van der Waals surface area contributed by atoms with Gasteiger partial charge in [-0.1, -0.05) is 23.7 Å². The van der Waals surface area contributed by atoms with E-state index in [2.05, 4.69) is 15.5 Å². The summed E-state index contributed by atoms with van der Waals surface area (Å²) in [7, 11) is 1.95. The van der Waals surface area contributed by atoms with Gasteiger partial charge >= 0.3 is 0 Å². The van der Waals surface area contributed by atoms with Crippen LogP contribution in [0.3, 0.4) is 0 Å². The highest BCUT2D eigenvalue weighted by Crippen LogP contribution is 2.26. The van der Waals surface area contributed by atoms with Gasteiger partial charge < -0.3 is 10.2 Å². The third-order valence-corrected chi connectivity index (χ3v) is 4.52. The molecule has 1 aliphatic rings. The number of nitrogens with zero attached hydrogens (tertiary/aromatic N) is 2. The Balaban J connectivity index is 1.82. The SMILES string of the molecule is CNC[C@@H]1CCCN(C(=O)c2cn[nH]c2-c2cccc(Cl)c2)C1. The Bertz CT molecular complexity index is 683.